The number of carbonyl (C=O) groups excluding carboxylic acids is 2. The molecule has 0 unspecified atom stereocenters. The van der Waals surface area contributed by atoms with Gasteiger partial charge in [-0.3, -0.25) is 4.79 Å². The van der Waals surface area contributed by atoms with Crippen LogP contribution < -0.4 is 0 Å². The van der Waals surface area contributed by atoms with Crippen molar-refractivity contribution in [1.29, 1.82) is 0 Å². The van der Waals surface area contributed by atoms with E-state index in [1.54, 1.807) is 24.8 Å². The van der Waals surface area contributed by atoms with Crippen molar-refractivity contribution in [2.75, 3.05) is 6.61 Å². The lowest BCUT2D eigenvalue weighted by Crippen LogP contribution is -2.48. The van der Waals surface area contributed by atoms with Crippen molar-refractivity contribution in [3.05, 3.63) is 53.4 Å². The Labute approximate surface area is 146 Å². The van der Waals surface area contributed by atoms with Gasteiger partial charge in [0.25, 0.3) is 5.91 Å². The highest BCUT2D eigenvalue weighted by Gasteiger charge is 2.42. The first kappa shape index (κ1) is 17.2. The summed E-state index contributed by atoms with van der Waals surface area (Å²) in [4.78, 5) is 27.2. The van der Waals surface area contributed by atoms with Crippen molar-refractivity contribution in [1.82, 2.24) is 10.1 Å². The number of amides is 1. The maximum Gasteiger partial charge on any atom is 0.329 e. The number of ether oxygens (including phenoxy) is 1. The molecule has 1 amide bonds. The quantitative estimate of drug-likeness (QED) is 0.724. The van der Waals surface area contributed by atoms with E-state index in [0.29, 0.717) is 12.1 Å². The molecule has 1 heterocycles. The van der Waals surface area contributed by atoms with Gasteiger partial charge < -0.3 is 14.2 Å². The second kappa shape index (κ2) is 7.51. The Hall–Kier alpha value is -2.63. The van der Waals surface area contributed by atoms with Crippen LogP contribution in [0.3, 0.4) is 0 Å². The van der Waals surface area contributed by atoms with Gasteiger partial charge in [-0.05, 0) is 32.3 Å². The average molecular weight is 342 g/mol. The molecule has 0 saturated heterocycles. The van der Waals surface area contributed by atoms with Gasteiger partial charge in [0.2, 0.25) is 5.76 Å². The van der Waals surface area contributed by atoms with Gasteiger partial charge in [-0.15, -0.1) is 0 Å². The van der Waals surface area contributed by atoms with Crippen LogP contribution in [0.2, 0.25) is 0 Å². The molecule has 1 aromatic heterocycles. The molecule has 1 aliphatic carbocycles. The minimum absolute atomic E-state index is 0.0380. The molecule has 1 aliphatic rings. The first-order chi connectivity index (χ1) is 12.1. The molecule has 25 heavy (non-hydrogen) atoms. The van der Waals surface area contributed by atoms with E-state index < -0.39 is 6.04 Å². The van der Waals surface area contributed by atoms with E-state index in [0.717, 1.165) is 18.4 Å². The number of esters is 1. The van der Waals surface area contributed by atoms with Gasteiger partial charge in [-0.2, -0.15) is 0 Å². The van der Waals surface area contributed by atoms with E-state index in [4.69, 9.17) is 9.26 Å². The number of rotatable bonds is 7. The third-order valence-electron chi connectivity index (χ3n) is 4.18. The fraction of sp³-hybridized carbons (Fsp3) is 0.421. The SMILES string of the molecule is CCOC(=O)[C@H](Cc1ccccc1)N(C(=O)c1cc(C)no1)C1CC1. The summed E-state index contributed by atoms with van der Waals surface area (Å²) in [6, 6.07) is 10.6. The van der Waals surface area contributed by atoms with Gasteiger partial charge in [-0.25, -0.2) is 4.79 Å². The molecule has 1 atom stereocenters. The Bertz CT molecular complexity index is 737. The van der Waals surface area contributed by atoms with Crippen LogP contribution in [0.4, 0.5) is 0 Å². The minimum atomic E-state index is -0.673. The van der Waals surface area contributed by atoms with E-state index >= 15 is 0 Å². The largest absolute Gasteiger partial charge is 0.464 e. The summed E-state index contributed by atoms with van der Waals surface area (Å²) in [6.45, 7) is 3.80. The highest BCUT2D eigenvalue weighted by Crippen LogP contribution is 2.32. The van der Waals surface area contributed by atoms with Crippen LogP contribution in [0.5, 0.6) is 0 Å². The molecule has 3 rings (SSSR count). The van der Waals surface area contributed by atoms with E-state index in [9.17, 15) is 9.59 Å². The van der Waals surface area contributed by atoms with Crippen LogP contribution in [0.25, 0.3) is 0 Å². The highest BCUT2D eigenvalue weighted by molar-refractivity contribution is 5.95. The summed E-state index contributed by atoms with van der Waals surface area (Å²) in [5.41, 5.74) is 1.61. The number of benzene rings is 1. The number of hydrogen-bond acceptors (Lipinski definition) is 5. The lowest BCUT2D eigenvalue weighted by atomic mass is 10.0. The number of carbonyl (C=O) groups is 2. The van der Waals surface area contributed by atoms with Gasteiger partial charge in [0.1, 0.15) is 6.04 Å². The van der Waals surface area contributed by atoms with Gasteiger partial charge in [0, 0.05) is 18.5 Å². The lowest BCUT2D eigenvalue weighted by molar-refractivity contribution is -0.148. The first-order valence-corrected chi connectivity index (χ1v) is 8.56. The fourth-order valence-electron chi connectivity index (χ4n) is 2.88. The van der Waals surface area contributed by atoms with Crippen molar-refractivity contribution in [3.8, 4) is 0 Å². The van der Waals surface area contributed by atoms with Crippen LogP contribution >= 0.6 is 0 Å². The molecule has 0 aliphatic heterocycles. The van der Waals surface area contributed by atoms with Crippen molar-refractivity contribution in [2.45, 2.75) is 45.2 Å². The van der Waals surface area contributed by atoms with Crippen LogP contribution in [0.1, 0.15) is 41.6 Å². The Morgan fingerprint density at radius 2 is 2.04 bits per heavy atom. The molecular formula is C19H22N2O4. The zero-order valence-electron chi connectivity index (χ0n) is 14.5. The summed E-state index contributed by atoms with van der Waals surface area (Å²) in [6.07, 6.45) is 2.17. The maximum atomic E-state index is 13.0. The van der Waals surface area contributed by atoms with E-state index in [1.165, 1.54) is 0 Å². The van der Waals surface area contributed by atoms with Gasteiger partial charge in [0.15, 0.2) is 0 Å². The molecule has 2 aromatic rings. The smallest absolute Gasteiger partial charge is 0.329 e. The molecule has 0 spiro atoms. The molecule has 0 bridgehead atoms. The molecular weight excluding hydrogens is 320 g/mol. The molecule has 1 fully saturated rings. The first-order valence-electron chi connectivity index (χ1n) is 8.56. The predicted octanol–water partition coefficient (Wildman–Crippen LogP) is 2.76. The second-order valence-electron chi connectivity index (χ2n) is 6.23. The van der Waals surface area contributed by atoms with Crippen LogP contribution in [0, 0.1) is 6.92 Å². The zero-order valence-corrected chi connectivity index (χ0v) is 14.5. The lowest BCUT2D eigenvalue weighted by Gasteiger charge is -2.29. The van der Waals surface area contributed by atoms with Crippen molar-refractivity contribution in [2.24, 2.45) is 0 Å². The summed E-state index contributed by atoms with van der Waals surface area (Å²) in [5, 5.41) is 3.79. The van der Waals surface area contributed by atoms with Crippen LogP contribution in [-0.2, 0) is 16.0 Å². The Morgan fingerprint density at radius 1 is 1.32 bits per heavy atom. The predicted molar refractivity (Wildman–Crippen MR) is 91.0 cm³/mol. The molecule has 0 N–H and O–H groups in total. The number of nitrogens with zero attached hydrogens (tertiary/aromatic N) is 2. The second-order valence-corrected chi connectivity index (χ2v) is 6.23. The molecule has 1 saturated carbocycles. The van der Waals surface area contributed by atoms with E-state index in [-0.39, 0.29) is 30.3 Å². The number of aryl methyl sites for hydroxylation is 1. The summed E-state index contributed by atoms with van der Waals surface area (Å²) < 4.78 is 10.4. The minimum Gasteiger partial charge on any atom is -0.464 e. The third kappa shape index (κ3) is 4.07. The van der Waals surface area contributed by atoms with Crippen LogP contribution in [-0.4, -0.2) is 40.6 Å². The number of aromatic nitrogens is 1. The summed E-state index contributed by atoms with van der Waals surface area (Å²) in [5.74, 6) is -0.535. The Kier molecular flexibility index (Phi) is 5.16. The standard InChI is InChI=1S/C19H22N2O4/c1-3-24-19(23)16(12-14-7-5-4-6-8-14)21(15-9-10-15)18(22)17-11-13(2)20-25-17/h4-8,11,15-16H,3,9-10,12H2,1-2H3/t16-/m0/s1. The van der Waals surface area contributed by atoms with Crippen LogP contribution in [0.15, 0.2) is 40.9 Å². The molecule has 1 aromatic carbocycles. The Balaban J connectivity index is 1.89. The Morgan fingerprint density at radius 3 is 2.60 bits per heavy atom. The number of hydrogen-bond donors (Lipinski definition) is 0. The van der Waals surface area contributed by atoms with Crippen molar-refractivity contribution >= 4 is 11.9 Å². The average Bonchev–Trinajstić information content (AvgIpc) is 3.35. The van der Waals surface area contributed by atoms with Crippen molar-refractivity contribution < 1.29 is 18.8 Å². The fourth-order valence-corrected chi connectivity index (χ4v) is 2.88. The topological polar surface area (TPSA) is 72.6 Å². The molecule has 132 valence electrons. The monoisotopic (exact) mass is 342 g/mol. The zero-order chi connectivity index (χ0) is 17.8. The third-order valence-corrected chi connectivity index (χ3v) is 4.18. The van der Waals surface area contributed by atoms with E-state index in [2.05, 4.69) is 5.16 Å². The summed E-state index contributed by atoms with van der Waals surface area (Å²) in [7, 11) is 0. The molecule has 6 nitrogen and oxygen atoms in total. The molecule has 6 heteroatoms. The van der Waals surface area contributed by atoms with Gasteiger partial charge >= 0.3 is 5.97 Å². The molecule has 0 radical (unpaired) electrons. The highest BCUT2D eigenvalue weighted by atomic mass is 16.5. The van der Waals surface area contributed by atoms with Gasteiger partial charge in [-0.1, -0.05) is 35.5 Å². The van der Waals surface area contributed by atoms with E-state index in [1.807, 2.05) is 30.3 Å². The normalized spacial score (nSPS) is 14.8. The summed E-state index contributed by atoms with van der Waals surface area (Å²) >= 11 is 0. The maximum absolute atomic E-state index is 13.0. The van der Waals surface area contributed by atoms with Crippen molar-refractivity contribution in [3.63, 3.8) is 0 Å². The van der Waals surface area contributed by atoms with Gasteiger partial charge in [0.05, 0.1) is 12.3 Å².